The van der Waals surface area contributed by atoms with Crippen LogP contribution in [0.1, 0.15) is 30.0 Å². The minimum Gasteiger partial charge on any atom is -0.496 e. The fourth-order valence-electron chi connectivity index (χ4n) is 2.13. The van der Waals surface area contributed by atoms with Crippen LogP contribution in [0.5, 0.6) is 5.75 Å². The van der Waals surface area contributed by atoms with Crippen LogP contribution in [0.25, 0.3) is 0 Å². The molecule has 0 bridgehead atoms. The van der Waals surface area contributed by atoms with E-state index in [1.54, 1.807) is 7.11 Å². The zero-order valence-electron chi connectivity index (χ0n) is 11.1. The fourth-order valence-corrected chi connectivity index (χ4v) is 2.30. The van der Waals surface area contributed by atoms with Crippen LogP contribution in [-0.4, -0.2) is 13.7 Å². The predicted molar refractivity (Wildman–Crippen MR) is 74.0 cm³/mol. The van der Waals surface area contributed by atoms with Gasteiger partial charge >= 0.3 is 0 Å². The van der Waals surface area contributed by atoms with E-state index in [0.29, 0.717) is 5.92 Å². The van der Waals surface area contributed by atoms with Crippen LogP contribution in [0.4, 0.5) is 0 Å². The van der Waals surface area contributed by atoms with Gasteiger partial charge in [0.15, 0.2) is 0 Å². The lowest BCUT2D eigenvalue weighted by atomic mass is 9.93. The largest absolute Gasteiger partial charge is 0.496 e. The Morgan fingerprint density at radius 1 is 1.41 bits per heavy atom. The molecule has 1 atom stereocenters. The average Bonchev–Trinajstić information content (AvgIpc) is 2.30. The third-order valence-corrected chi connectivity index (χ3v) is 3.79. The quantitative estimate of drug-likeness (QED) is 0.874. The molecule has 96 valence electrons. The highest BCUT2D eigenvalue weighted by atomic mass is 35.5. The molecule has 2 N–H and O–H groups in total. The molecular formula is C14H22ClNO. The Morgan fingerprint density at radius 3 is 2.59 bits per heavy atom. The molecule has 0 saturated carbocycles. The summed E-state index contributed by atoms with van der Waals surface area (Å²) in [5, 5.41) is 0.848. The molecule has 0 aliphatic carbocycles. The van der Waals surface area contributed by atoms with Crippen molar-refractivity contribution in [1.29, 1.82) is 0 Å². The maximum atomic E-state index is 6.29. The first-order chi connectivity index (χ1) is 8.01. The van der Waals surface area contributed by atoms with Crippen LogP contribution in [0.3, 0.4) is 0 Å². The highest BCUT2D eigenvalue weighted by molar-refractivity contribution is 6.32. The minimum atomic E-state index is 0.548. The molecule has 0 radical (unpaired) electrons. The summed E-state index contributed by atoms with van der Waals surface area (Å²) in [6, 6.07) is 2.01. The molecule has 17 heavy (non-hydrogen) atoms. The van der Waals surface area contributed by atoms with Crippen molar-refractivity contribution in [2.24, 2.45) is 11.7 Å². The van der Waals surface area contributed by atoms with Crippen LogP contribution in [-0.2, 0) is 6.42 Å². The van der Waals surface area contributed by atoms with Crippen molar-refractivity contribution < 1.29 is 4.74 Å². The van der Waals surface area contributed by atoms with Crippen molar-refractivity contribution in [3.8, 4) is 5.75 Å². The standard InChI is InChI=1S/C14H22ClNO/c1-9(5-6-16)7-12-11(3)14(15)10(2)8-13(12)17-4/h8-9H,5-7,16H2,1-4H3. The van der Waals surface area contributed by atoms with Crippen molar-refractivity contribution in [3.63, 3.8) is 0 Å². The predicted octanol–water partition coefficient (Wildman–Crippen LogP) is 3.49. The van der Waals surface area contributed by atoms with Crippen molar-refractivity contribution in [2.45, 2.75) is 33.6 Å². The number of benzene rings is 1. The smallest absolute Gasteiger partial charge is 0.122 e. The van der Waals surface area contributed by atoms with Crippen molar-refractivity contribution in [2.75, 3.05) is 13.7 Å². The number of rotatable bonds is 5. The Balaban J connectivity index is 3.08. The first-order valence-electron chi connectivity index (χ1n) is 6.03. The van der Waals surface area contributed by atoms with Gasteiger partial charge in [-0.2, -0.15) is 0 Å². The van der Waals surface area contributed by atoms with Crippen molar-refractivity contribution >= 4 is 11.6 Å². The Morgan fingerprint density at radius 2 is 2.06 bits per heavy atom. The first-order valence-corrected chi connectivity index (χ1v) is 6.41. The molecule has 0 spiro atoms. The zero-order chi connectivity index (χ0) is 13.0. The van der Waals surface area contributed by atoms with E-state index in [2.05, 4.69) is 13.8 Å². The molecule has 1 unspecified atom stereocenters. The van der Waals surface area contributed by atoms with E-state index in [-0.39, 0.29) is 0 Å². The summed E-state index contributed by atoms with van der Waals surface area (Å²) in [6.07, 6.45) is 1.99. The normalized spacial score (nSPS) is 12.6. The number of nitrogens with two attached hydrogens (primary N) is 1. The first kappa shape index (κ1) is 14.3. The van der Waals surface area contributed by atoms with E-state index in [1.807, 2.05) is 13.0 Å². The molecule has 2 nitrogen and oxygen atoms in total. The van der Waals surface area contributed by atoms with Gasteiger partial charge in [-0.15, -0.1) is 0 Å². The Labute approximate surface area is 109 Å². The van der Waals surface area contributed by atoms with Gasteiger partial charge < -0.3 is 10.5 Å². The van der Waals surface area contributed by atoms with Crippen molar-refractivity contribution in [3.05, 3.63) is 27.8 Å². The summed E-state index contributed by atoms with van der Waals surface area (Å²) in [5.41, 5.74) is 9.00. The van der Waals surface area contributed by atoms with Crippen LogP contribution in [0.2, 0.25) is 5.02 Å². The molecule has 0 saturated heterocycles. The lowest BCUT2D eigenvalue weighted by molar-refractivity contribution is 0.403. The molecule has 0 aliphatic heterocycles. The molecule has 1 aromatic carbocycles. The zero-order valence-corrected chi connectivity index (χ0v) is 11.9. The van der Waals surface area contributed by atoms with Gasteiger partial charge in [0.25, 0.3) is 0 Å². The molecule has 1 rings (SSSR count). The number of ether oxygens (including phenoxy) is 1. The third kappa shape index (κ3) is 3.36. The van der Waals surface area contributed by atoms with Gasteiger partial charge in [-0.3, -0.25) is 0 Å². The lowest BCUT2D eigenvalue weighted by Gasteiger charge is -2.18. The second-order valence-corrected chi connectivity index (χ2v) is 5.08. The third-order valence-electron chi connectivity index (χ3n) is 3.21. The van der Waals surface area contributed by atoms with E-state index >= 15 is 0 Å². The number of methoxy groups -OCH3 is 1. The molecule has 0 fully saturated rings. The second-order valence-electron chi connectivity index (χ2n) is 4.70. The number of hydrogen-bond donors (Lipinski definition) is 1. The Hall–Kier alpha value is -0.730. The Kier molecular flexibility index (Phi) is 5.29. The second kappa shape index (κ2) is 6.27. The van der Waals surface area contributed by atoms with E-state index < -0.39 is 0 Å². The lowest BCUT2D eigenvalue weighted by Crippen LogP contribution is -2.10. The fraction of sp³-hybridized carbons (Fsp3) is 0.571. The van der Waals surface area contributed by atoms with Crippen LogP contribution in [0.15, 0.2) is 6.07 Å². The molecule has 0 aromatic heterocycles. The highest BCUT2D eigenvalue weighted by Crippen LogP contribution is 2.33. The minimum absolute atomic E-state index is 0.548. The van der Waals surface area contributed by atoms with Crippen LogP contribution < -0.4 is 10.5 Å². The number of halogens is 1. The van der Waals surface area contributed by atoms with E-state index in [9.17, 15) is 0 Å². The summed E-state index contributed by atoms with van der Waals surface area (Å²) in [5.74, 6) is 1.49. The van der Waals surface area contributed by atoms with Crippen molar-refractivity contribution in [1.82, 2.24) is 0 Å². The maximum Gasteiger partial charge on any atom is 0.122 e. The van der Waals surface area contributed by atoms with Gasteiger partial charge in [0.2, 0.25) is 0 Å². The van der Waals surface area contributed by atoms with E-state index in [4.69, 9.17) is 22.1 Å². The molecule has 3 heteroatoms. The van der Waals surface area contributed by atoms with Gasteiger partial charge in [0, 0.05) is 5.02 Å². The van der Waals surface area contributed by atoms with E-state index in [1.165, 1.54) is 5.56 Å². The van der Waals surface area contributed by atoms with Gasteiger partial charge in [-0.05, 0) is 61.9 Å². The highest BCUT2D eigenvalue weighted by Gasteiger charge is 2.14. The number of hydrogen-bond acceptors (Lipinski definition) is 2. The molecule has 0 aliphatic rings. The average molecular weight is 256 g/mol. The SMILES string of the molecule is COc1cc(C)c(Cl)c(C)c1CC(C)CCN. The molecular weight excluding hydrogens is 234 g/mol. The van der Waals surface area contributed by atoms with Gasteiger partial charge in [0.1, 0.15) is 5.75 Å². The summed E-state index contributed by atoms with van der Waals surface area (Å²) >= 11 is 6.29. The maximum absolute atomic E-state index is 6.29. The van der Waals surface area contributed by atoms with Gasteiger partial charge in [0.05, 0.1) is 7.11 Å². The molecule has 0 heterocycles. The van der Waals surface area contributed by atoms with Gasteiger partial charge in [-0.25, -0.2) is 0 Å². The van der Waals surface area contributed by atoms with Crippen LogP contribution >= 0.6 is 11.6 Å². The number of aryl methyl sites for hydroxylation is 1. The molecule has 1 aromatic rings. The Bertz CT molecular complexity index is 390. The topological polar surface area (TPSA) is 35.2 Å². The summed E-state index contributed by atoms with van der Waals surface area (Å²) < 4.78 is 5.45. The summed E-state index contributed by atoms with van der Waals surface area (Å²) in [6.45, 7) is 6.99. The van der Waals surface area contributed by atoms with Crippen LogP contribution in [0, 0.1) is 19.8 Å². The monoisotopic (exact) mass is 255 g/mol. The van der Waals surface area contributed by atoms with Gasteiger partial charge in [-0.1, -0.05) is 18.5 Å². The summed E-state index contributed by atoms with van der Waals surface area (Å²) in [7, 11) is 1.71. The molecule has 0 amide bonds. The summed E-state index contributed by atoms with van der Waals surface area (Å²) in [4.78, 5) is 0. The van der Waals surface area contributed by atoms with E-state index in [0.717, 1.165) is 41.3 Å².